The van der Waals surface area contributed by atoms with E-state index in [1.54, 1.807) is 4.90 Å². The molecular weight excluding hydrogens is 264 g/mol. The molecule has 0 aliphatic carbocycles. The van der Waals surface area contributed by atoms with Gasteiger partial charge >= 0.3 is 0 Å². The van der Waals surface area contributed by atoms with E-state index in [0.29, 0.717) is 10.9 Å². The molecule has 0 aromatic carbocycles. The lowest BCUT2D eigenvalue weighted by molar-refractivity contribution is -0.848. The van der Waals surface area contributed by atoms with E-state index in [0.717, 1.165) is 17.9 Å². The van der Waals surface area contributed by atoms with Gasteiger partial charge in [0.2, 0.25) is 0 Å². The first-order valence-electron chi connectivity index (χ1n) is 6.47. The zero-order valence-corrected chi connectivity index (χ0v) is 12.5. The van der Waals surface area contributed by atoms with E-state index in [9.17, 15) is 4.79 Å². The molecule has 1 atom stereocenters. The van der Waals surface area contributed by atoms with Crippen molar-refractivity contribution in [2.75, 3.05) is 19.6 Å². The second-order valence-corrected chi connectivity index (χ2v) is 6.13. The molecule has 18 heavy (non-hydrogen) atoms. The fourth-order valence-electron chi connectivity index (χ4n) is 2.40. The van der Waals surface area contributed by atoms with Gasteiger partial charge in [0.1, 0.15) is 10.0 Å². The van der Waals surface area contributed by atoms with E-state index in [1.165, 1.54) is 35.3 Å². The number of quaternary nitrogens is 1. The number of thiocarbonyl (C=S) groups is 1. The smallest absolute Gasteiger partial charge is 0.266 e. The molecule has 1 unspecified atom stereocenters. The summed E-state index contributed by atoms with van der Waals surface area (Å²) < 4.78 is 0.679. The fourth-order valence-corrected chi connectivity index (χ4v) is 3.72. The van der Waals surface area contributed by atoms with Gasteiger partial charge in [-0.3, -0.25) is 9.69 Å². The van der Waals surface area contributed by atoms with Gasteiger partial charge in [-0.15, -0.1) is 0 Å². The molecule has 0 saturated carbocycles. The van der Waals surface area contributed by atoms with Crippen LogP contribution in [0, 0.1) is 0 Å². The van der Waals surface area contributed by atoms with Crippen LogP contribution in [-0.2, 0) is 4.79 Å². The Morgan fingerprint density at radius 1 is 1.44 bits per heavy atom. The van der Waals surface area contributed by atoms with Crippen molar-refractivity contribution in [2.24, 2.45) is 0 Å². The quantitative estimate of drug-likeness (QED) is 0.625. The van der Waals surface area contributed by atoms with Crippen molar-refractivity contribution in [1.82, 2.24) is 4.90 Å². The Labute approximate surface area is 118 Å². The van der Waals surface area contributed by atoms with Gasteiger partial charge in [0.15, 0.2) is 0 Å². The maximum atomic E-state index is 12.0. The average Bonchev–Trinajstić information content (AvgIpc) is 2.91. The van der Waals surface area contributed by atoms with Crippen LogP contribution in [0.1, 0.15) is 26.7 Å². The number of nitrogens with one attached hydrogen (secondary N) is 1. The number of likely N-dealkylation sites (tertiary alicyclic amines) is 1. The SMILES string of the molecule is CCN1C(=O)/C(=C\C=C2/CCC[NH+]2CC)SC1=S. The Kier molecular flexibility index (Phi) is 4.59. The lowest BCUT2D eigenvalue weighted by Crippen LogP contribution is -3.07. The van der Waals surface area contributed by atoms with Crippen LogP contribution in [0.15, 0.2) is 22.8 Å². The molecule has 5 heteroatoms. The number of rotatable bonds is 3. The Balaban J connectivity index is 2.13. The molecule has 0 bridgehead atoms. The zero-order chi connectivity index (χ0) is 13.1. The summed E-state index contributed by atoms with van der Waals surface area (Å²) in [6, 6.07) is 0. The Bertz CT molecular complexity index is 429. The van der Waals surface area contributed by atoms with Crippen molar-refractivity contribution in [3.05, 3.63) is 22.8 Å². The highest BCUT2D eigenvalue weighted by molar-refractivity contribution is 8.26. The zero-order valence-electron chi connectivity index (χ0n) is 10.9. The third kappa shape index (κ3) is 2.68. The lowest BCUT2D eigenvalue weighted by Gasteiger charge is -2.10. The molecule has 1 amide bonds. The van der Waals surface area contributed by atoms with Gasteiger partial charge in [0.25, 0.3) is 5.91 Å². The van der Waals surface area contributed by atoms with Gasteiger partial charge in [-0.1, -0.05) is 24.0 Å². The minimum absolute atomic E-state index is 0.0559. The molecule has 0 aromatic rings. The summed E-state index contributed by atoms with van der Waals surface area (Å²) in [5.41, 5.74) is 1.42. The van der Waals surface area contributed by atoms with E-state index in [-0.39, 0.29) is 5.91 Å². The average molecular weight is 283 g/mol. The van der Waals surface area contributed by atoms with Gasteiger partial charge in [-0.2, -0.15) is 0 Å². The molecule has 0 aromatic heterocycles. The number of nitrogens with zero attached hydrogens (tertiary/aromatic N) is 1. The van der Waals surface area contributed by atoms with Crippen LogP contribution in [0.5, 0.6) is 0 Å². The predicted octanol–water partition coefficient (Wildman–Crippen LogP) is 1.33. The van der Waals surface area contributed by atoms with E-state index in [1.807, 2.05) is 13.0 Å². The van der Waals surface area contributed by atoms with Crippen LogP contribution in [0.25, 0.3) is 0 Å². The number of likely N-dealkylation sites (N-methyl/N-ethyl adjacent to an activating group) is 1. The van der Waals surface area contributed by atoms with Crippen molar-refractivity contribution in [3.63, 3.8) is 0 Å². The highest BCUT2D eigenvalue weighted by Gasteiger charge is 2.30. The van der Waals surface area contributed by atoms with Crippen LogP contribution in [0.4, 0.5) is 0 Å². The van der Waals surface area contributed by atoms with Crippen LogP contribution in [0.3, 0.4) is 0 Å². The fraction of sp³-hybridized carbons (Fsp3) is 0.538. The summed E-state index contributed by atoms with van der Waals surface area (Å²) in [6.45, 7) is 7.14. The van der Waals surface area contributed by atoms with Gasteiger partial charge in [-0.05, 0) is 26.0 Å². The predicted molar refractivity (Wildman–Crippen MR) is 79.3 cm³/mol. The minimum atomic E-state index is 0.0559. The minimum Gasteiger partial charge on any atom is -0.306 e. The molecule has 2 rings (SSSR count). The first-order valence-corrected chi connectivity index (χ1v) is 7.69. The van der Waals surface area contributed by atoms with Crippen LogP contribution in [0.2, 0.25) is 0 Å². The third-order valence-electron chi connectivity index (χ3n) is 3.43. The molecule has 2 fully saturated rings. The van der Waals surface area contributed by atoms with Crippen molar-refractivity contribution in [2.45, 2.75) is 26.7 Å². The number of thioether (sulfide) groups is 1. The molecular formula is C13H19N2OS2+. The highest BCUT2D eigenvalue weighted by atomic mass is 32.2. The molecule has 0 spiro atoms. The van der Waals surface area contributed by atoms with Crippen LogP contribution >= 0.6 is 24.0 Å². The van der Waals surface area contributed by atoms with E-state index < -0.39 is 0 Å². The third-order valence-corrected chi connectivity index (χ3v) is 4.83. The number of carbonyl (C=O) groups excluding carboxylic acids is 1. The Morgan fingerprint density at radius 3 is 2.83 bits per heavy atom. The first kappa shape index (κ1) is 13.8. The van der Waals surface area contributed by atoms with Crippen LogP contribution in [-0.4, -0.2) is 34.8 Å². The van der Waals surface area contributed by atoms with Crippen LogP contribution < -0.4 is 4.90 Å². The lowest BCUT2D eigenvalue weighted by atomic mass is 10.3. The molecule has 1 N–H and O–H groups in total. The number of allylic oxidation sites excluding steroid dienone is 3. The van der Waals surface area contributed by atoms with E-state index in [4.69, 9.17) is 12.2 Å². The topological polar surface area (TPSA) is 24.8 Å². The second kappa shape index (κ2) is 5.99. The summed E-state index contributed by atoms with van der Waals surface area (Å²) in [5.74, 6) is 0.0559. The maximum Gasteiger partial charge on any atom is 0.266 e. The van der Waals surface area contributed by atoms with Gasteiger partial charge in [0, 0.05) is 19.4 Å². The Morgan fingerprint density at radius 2 is 2.22 bits per heavy atom. The highest BCUT2D eigenvalue weighted by Crippen LogP contribution is 2.30. The standard InChI is InChI=1S/C13H18N2OS2/c1-3-14-9-5-6-10(14)7-8-11-12(16)15(4-2)13(17)18-11/h7-8H,3-6,9H2,1-2H3/p+1/b10-7+,11-8+. The summed E-state index contributed by atoms with van der Waals surface area (Å²) >= 11 is 6.60. The van der Waals surface area contributed by atoms with Crippen molar-refractivity contribution >= 4 is 34.2 Å². The van der Waals surface area contributed by atoms with Crippen molar-refractivity contribution in [3.8, 4) is 0 Å². The number of hydrogen-bond acceptors (Lipinski definition) is 3. The van der Waals surface area contributed by atoms with Crippen molar-refractivity contribution in [1.29, 1.82) is 0 Å². The molecule has 98 valence electrons. The normalized spacial score (nSPS) is 29.0. The Hall–Kier alpha value is -0.650. The summed E-state index contributed by atoms with van der Waals surface area (Å²) in [5, 5.41) is 0. The molecule has 2 aliphatic rings. The molecule has 2 heterocycles. The van der Waals surface area contributed by atoms with E-state index in [2.05, 4.69) is 13.0 Å². The second-order valence-electron chi connectivity index (χ2n) is 4.45. The first-order chi connectivity index (χ1) is 8.67. The van der Waals surface area contributed by atoms with Gasteiger partial charge < -0.3 is 4.90 Å². The molecule has 0 radical (unpaired) electrons. The number of amides is 1. The summed E-state index contributed by atoms with van der Waals surface area (Å²) in [4.78, 5) is 16.0. The van der Waals surface area contributed by atoms with E-state index >= 15 is 0 Å². The molecule has 2 aliphatic heterocycles. The monoisotopic (exact) mass is 283 g/mol. The number of carbonyl (C=O) groups is 1. The van der Waals surface area contributed by atoms with Crippen molar-refractivity contribution < 1.29 is 9.69 Å². The van der Waals surface area contributed by atoms with Gasteiger partial charge in [0.05, 0.1) is 18.0 Å². The molecule has 3 nitrogen and oxygen atoms in total. The molecule has 2 saturated heterocycles. The van der Waals surface area contributed by atoms with Gasteiger partial charge in [-0.25, -0.2) is 0 Å². The summed E-state index contributed by atoms with van der Waals surface area (Å²) in [6.07, 6.45) is 6.46. The largest absolute Gasteiger partial charge is 0.306 e. The summed E-state index contributed by atoms with van der Waals surface area (Å²) in [7, 11) is 0. The maximum absolute atomic E-state index is 12.0. The number of hydrogen-bond donors (Lipinski definition) is 1.